The highest BCUT2D eigenvalue weighted by Crippen LogP contribution is 2.26. The number of nitrogens with zero attached hydrogens (tertiary/aromatic N) is 3. The minimum Gasteiger partial charge on any atom is -0.443 e. The average Bonchev–Trinajstić information content (AvgIpc) is 3.12. The van der Waals surface area contributed by atoms with Gasteiger partial charge in [-0.1, -0.05) is 32.9 Å². The number of oxazole rings is 1. The monoisotopic (exact) mass is 388 g/mol. The maximum Gasteiger partial charge on any atom is 0.213 e. The van der Waals surface area contributed by atoms with Gasteiger partial charge in [0.1, 0.15) is 17.7 Å². The van der Waals surface area contributed by atoms with Gasteiger partial charge in [-0.2, -0.15) is 0 Å². The first-order valence-electron chi connectivity index (χ1n) is 9.58. The van der Waals surface area contributed by atoms with E-state index in [1.807, 2.05) is 6.92 Å². The molecule has 1 aromatic carbocycles. The number of hydrogen-bond acceptors (Lipinski definition) is 4. The molecule has 1 N–H and O–H groups in total. The maximum atomic E-state index is 13.2. The Morgan fingerprint density at radius 2 is 2.00 bits per heavy atom. The number of nitrogens with one attached hydrogen (secondary N) is 1. The molecule has 1 saturated heterocycles. The molecule has 1 aliphatic heterocycles. The second kappa shape index (κ2) is 8.31. The van der Waals surface area contributed by atoms with Crippen LogP contribution in [0.25, 0.3) is 0 Å². The molecule has 1 aromatic heterocycles. The number of rotatable bonds is 3. The van der Waals surface area contributed by atoms with Gasteiger partial charge in [-0.25, -0.2) is 9.37 Å². The van der Waals surface area contributed by atoms with E-state index in [1.54, 1.807) is 25.4 Å². The highest BCUT2D eigenvalue weighted by atomic mass is 19.1. The number of halogens is 1. The van der Waals surface area contributed by atoms with E-state index in [9.17, 15) is 4.39 Å². The lowest BCUT2D eigenvalue weighted by Crippen LogP contribution is -2.50. The van der Waals surface area contributed by atoms with Crippen molar-refractivity contribution < 1.29 is 13.5 Å². The van der Waals surface area contributed by atoms with Crippen LogP contribution in [0, 0.1) is 5.82 Å². The lowest BCUT2D eigenvalue weighted by atomic mass is 9.94. The van der Waals surface area contributed by atoms with E-state index >= 15 is 0 Å². The summed E-state index contributed by atoms with van der Waals surface area (Å²) in [5.41, 5.74) is 0.880. The van der Waals surface area contributed by atoms with E-state index in [2.05, 4.69) is 41.0 Å². The van der Waals surface area contributed by atoms with Crippen LogP contribution in [0.1, 0.15) is 51.0 Å². The zero-order valence-electron chi connectivity index (χ0n) is 17.2. The van der Waals surface area contributed by atoms with Crippen LogP contribution < -0.4 is 5.32 Å². The SMILES string of the molecule is CN=C(NCc1ncc(C(C)(C)C)o1)N1CC(C)OC(c2ccc(F)cc2)C1. The third-order valence-corrected chi connectivity index (χ3v) is 4.70. The zero-order chi connectivity index (χ0) is 20.3. The van der Waals surface area contributed by atoms with E-state index in [0.717, 1.165) is 23.8 Å². The van der Waals surface area contributed by atoms with Gasteiger partial charge in [-0.3, -0.25) is 4.99 Å². The van der Waals surface area contributed by atoms with Crippen LogP contribution >= 0.6 is 0 Å². The molecule has 2 unspecified atom stereocenters. The topological polar surface area (TPSA) is 62.9 Å². The first-order valence-corrected chi connectivity index (χ1v) is 9.58. The second-order valence-electron chi connectivity index (χ2n) is 8.16. The van der Waals surface area contributed by atoms with Crippen molar-refractivity contribution in [2.75, 3.05) is 20.1 Å². The Labute approximate surface area is 165 Å². The van der Waals surface area contributed by atoms with Gasteiger partial charge in [0.2, 0.25) is 5.89 Å². The number of aromatic nitrogens is 1. The number of morpholine rings is 1. The lowest BCUT2D eigenvalue weighted by molar-refractivity contribution is -0.0605. The zero-order valence-corrected chi connectivity index (χ0v) is 17.2. The van der Waals surface area contributed by atoms with Gasteiger partial charge in [-0.15, -0.1) is 0 Å². The quantitative estimate of drug-likeness (QED) is 0.642. The summed E-state index contributed by atoms with van der Waals surface area (Å²) >= 11 is 0. The van der Waals surface area contributed by atoms with Gasteiger partial charge in [0.05, 0.1) is 25.4 Å². The minimum absolute atomic E-state index is 0.0246. The van der Waals surface area contributed by atoms with Crippen molar-refractivity contribution in [3.63, 3.8) is 0 Å². The fraction of sp³-hybridized carbons (Fsp3) is 0.524. The van der Waals surface area contributed by atoms with Crippen LogP contribution in [0.2, 0.25) is 0 Å². The van der Waals surface area contributed by atoms with Crippen molar-refractivity contribution in [2.45, 2.75) is 51.9 Å². The van der Waals surface area contributed by atoms with E-state index in [1.165, 1.54) is 12.1 Å². The molecule has 0 spiro atoms. The minimum atomic E-state index is -0.248. The highest BCUT2D eigenvalue weighted by molar-refractivity contribution is 5.80. The van der Waals surface area contributed by atoms with Gasteiger partial charge < -0.3 is 19.4 Å². The fourth-order valence-corrected chi connectivity index (χ4v) is 3.21. The van der Waals surface area contributed by atoms with E-state index < -0.39 is 0 Å². The smallest absolute Gasteiger partial charge is 0.213 e. The van der Waals surface area contributed by atoms with E-state index in [0.29, 0.717) is 19.0 Å². The molecule has 2 aromatic rings. The Kier molecular flexibility index (Phi) is 6.03. The Bertz CT molecular complexity index is 811. The summed E-state index contributed by atoms with van der Waals surface area (Å²) in [5, 5.41) is 3.33. The van der Waals surface area contributed by atoms with Gasteiger partial charge >= 0.3 is 0 Å². The molecule has 0 aliphatic carbocycles. The second-order valence-corrected chi connectivity index (χ2v) is 8.16. The molecule has 7 heteroatoms. The molecule has 0 amide bonds. The predicted molar refractivity (Wildman–Crippen MR) is 107 cm³/mol. The first kappa shape index (κ1) is 20.3. The molecule has 3 rings (SSSR count). The molecule has 2 atom stereocenters. The summed E-state index contributed by atoms with van der Waals surface area (Å²) in [7, 11) is 1.76. The van der Waals surface area contributed by atoms with Crippen LogP contribution in [-0.4, -0.2) is 42.1 Å². The molecular formula is C21H29FN4O2. The Balaban J connectivity index is 1.66. The molecule has 0 saturated carbocycles. The number of aliphatic imine (C=N–C) groups is 1. The summed E-state index contributed by atoms with van der Waals surface area (Å²) in [5.74, 6) is 2.00. The van der Waals surface area contributed by atoms with Crippen LogP contribution in [-0.2, 0) is 16.7 Å². The lowest BCUT2D eigenvalue weighted by Gasteiger charge is -2.38. The molecule has 2 heterocycles. The summed E-state index contributed by atoms with van der Waals surface area (Å²) in [4.78, 5) is 10.9. The van der Waals surface area contributed by atoms with Crippen molar-refractivity contribution in [3.8, 4) is 0 Å². The average molecular weight is 388 g/mol. The number of hydrogen-bond donors (Lipinski definition) is 1. The van der Waals surface area contributed by atoms with Crippen LogP contribution in [0.15, 0.2) is 39.9 Å². The summed E-state index contributed by atoms with van der Waals surface area (Å²) in [6.07, 6.45) is 1.66. The normalized spacial score (nSPS) is 21.1. The van der Waals surface area contributed by atoms with Crippen LogP contribution in [0.4, 0.5) is 4.39 Å². The van der Waals surface area contributed by atoms with Crippen molar-refractivity contribution in [2.24, 2.45) is 4.99 Å². The van der Waals surface area contributed by atoms with Gasteiger partial charge in [0.25, 0.3) is 0 Å². The standard InChI is InChI=1S/C21H29FN4O2/c1-14-12-26(13-17(27-14)15-6-8-16(22)9-7-15)20(23-5)25-11-19-24-10-18(28-19)21(2,3)4/h6-10,14,17H,11-13H2,1-5H3,(H,23,25). The first-order chi connectivity index (χ1) is 13.3. The molecular weight excluding hydrogens is 359 g/mol. The highest BCUT2D eigenvalue weighted by Gasteiger charge is 2.28. The molecule has 1 aliphatic rings. The summed E-state index contributed by atoms with van der Waals surface area (Å²) in [6, 6.07) is 6.47. The predicted octanol–water partition coefficient (Wildman–Crippen LogP) is 3.65. The maximum absolute atomic E-state index is 13.2. The fourth-order valence-electron chi connectivity index (χ4n) is 3.21. The van der Waals surface area contributed by atoms with Crippen molar-refractivity contribution in [3.05, 3.63) is 53.5 Å². The largest absolute Gasteiger partial charge is 0.443 e. The van der Waals surface area contributed by atoms with Crippen molar-refractivity contribution in [1.29, 1.82) is 0 Å². The Morgan fingerprint density at radius 3 is 2.61 bits per heavy atom. The van der Waals surface area contributed by atoms with Crippen molar-refractivity contribution in [1.82, 2.24) is 15.2 Å². The summed E-state index contributed by atoms with van der Waals surface area (Å²) in [6.45, 7) is 10.1. The van der Waals surface area contributed by atoms with Crippen LogP contribution in [0.3, 0.4) is 0 Å². The number of benzene rings is 1. The van der Waals surface area contributed by atoms with Gasteiger partial charge in [-0.05, 0) is 24.6 Å². The third kappa shape index (κ3) is 4.90. The molecule has 0 radical (unpaired) electrons. The van der Waals surface area contributed by atoms with Gasteiger partial charge in [0.15, 0.2) is 5.96 Å². The third-order valence-electron chi connectivity index (χ3n) is 4.70. The number of guanidine groups is 1. The molecule has 0 bridgehead atoms. The molecule has 1 fully saturated rings. The Hall–Kier alpha value is -2.41. The molecule has 152 valence electrons. The summed E-state index contributed by atoms with van der Waals surface area (Å²) < 4.78 is 25.1. The van der Waals surface area contributed by atoms with Crippen molar-refractivity contribution >= 4 is 5.96 Å². The number of ether oxygens (including phenoxy) is 1. The van der Waals surface area contributed by atoms with E-state index in [4.69, 9.17) is 9.15 Å². The van der Waals surface area contributed by atoms with Crippen LogP contribution in [0.5, 0.6) is 0 Å². The van der Waals surface area contributed by atoms with Gasteiger partial charge in [0, 0.05) is 19.0 Å². The molecule has 6 nitrogen and oxygen atoms in total. The molecule has 28 heavy (non-hydrogen) atoms. The Morgan fingerprint density at radius 1 is 1.29 bits per heavy atom. The van der Waals surface area contributed by atoms with E-state index in [-0.39, 0.29) is 23.4 Å².